The van der Waals surface area contributed by atoms with Crippen molar-refractivity contribution in [3.05, 3.63) is 63.7 Å². The van der Waals surface area contributed by atoms with Crippen LogP contribution in [0.1, 0.15) is 31.8 Å². The van der Waals surface area contributed by atoms with E-state index < -0.39 is 5.97 Å². The third kappa shape index (κ3) is 3.23. The van der Waals surface area contributed by atoms with Crippen LogP contribution in [-0.4, -0.2) is 17.0 Å². The first-order valence-electron chi connectivity index (χ1n) is 6.30. The number of carboxylic acids is 1. The predicted molar refractivity (Wildman–Crippen MR) is 82.3 cm³/mol. The molecular formula is C16H14ClNO3. The molecule has 2 N–H and O–H groups in total. The summed E-state index contributed by atoms with van der Waals surface area (Å²) in [6.45, 7) is 3.56. The predicted octanol–water partition coefficient (Wildman–Crippen LogP) is 3.91. The van der Waals surface area contributed by atoms with Crippen molar-refractivity contribution >= 4 is 29.2 Å². The van der Waals surface area contributed by atoms with Crippen LogP contribution in [0, 0.1) is 13.8 Å². The monoisotopic (exact) mass is 303 g/mol. The molecule has 21 heavy (non-hydrogen) atoms. The topological polar surface area (TPSA) is 66.4 Å². The number of anilines is 1. The van der Waals surface area contributed by atoms with Crippen molar-refractivity contribution in [2.24, 2.45) is 0 Å². The van der Waals surface area contributed by atoms with Crippen molar-refractivity contribution in [1.29, 1.82) is 0 Å². The molecule has 2 rings (SSSR count). The maximum absolute atomic E-state index is 12.2. The van der Waals surface area contributed by atoms with E-state index in [-0.39, 0.29) is 11.5 Å². The Morgan fingerprint density at radius 2 is 1.81 bits per heavy atom. The van der Waals surface area contributed by atoms with E-state index in [1.807, 2.05) is 13.0 Å². The van der Waals surface area contributed by atoms with Gasteiger partial charge in [-0.25, -0.2) is 4.79 Å². The molecule has 108 valence electrons. The van der Waals surface area contributed by atoms with Crippen molar-refractivity contribution in [3.63, 3.8) is 0 Å². The highest BCUT2D eigenvalue weighted by Crippen LogP contribution is 2.23. The summed E-state index contributed by atoms with van der Waals surface area (Å²) in [6, 6.07) is 9.76. The normalized spacial score (nSPS) is 10.2. The Labute approximate surface area is 127 Å². The Morgan fingerprint density at radius 3 is 2.43 bits per heavy atom. The van der Waals surface area contributed by atoms with Crippen molar-refractivity contribution < 1.29 is 14.7 Å². The fraction of sp³-hybridized carbons (Fsp3) is 0.125. The maximum atomic E-state index is 12.2. The summed E-state index contributed by atoms with van der Waals surface area (Å²) in [7, 11) is 0. The van der Waals surface area contributed by atoms with E-state index in [0.717, 1.165) is 5.56 Å². The number of aryl methyl sites for hydroxylation is 2. The molecule has 0 spiro atoms. The third-order valence-electron chi connectivity index (χ3n) is 3.16. The molecule has 0 aliphatic carbocycles. The van der Waals surface area contributed by atoms with E-state index in [9.17, 15) is 9.59 Å². The van der Waals surface area contributed by atoms with E-state index >= 15 is 0 Å². The Bertz CT molecular complexity index is 725. The highest BCUT2D eigenvalue weighted by atomic mass is 35.5. The highest BCUT2D eigenvalue weighted by Gasteiger charge is 2.13. The zero-order valence-corrected chi connectivity index (χ0v) is 12.4. The van der Waals surface area contributed by atoms with Crippen LogP contribution in [0.15, 0.2) is 36.4 Å². The van der Waals surface area contributed by atoms with Gasteiger partial charge in [0.15, 0.2) is 0 Å². The van der Waals surface area contributed by atoms with Gasteiger partial charge in [-0.2, -0.15) is 0 Å². The summed E-state index contributed by atoms with van der Waals surface area (Å²) < 4.78 is 0. The molecular weight excluding hydrogens is 290 g/mol. The number of hydrogen-bond donors (Lipinski definition) is 2. The largest absolute Gasteiger partial charge is 0.478 e. The van der Waals surface area contributed by atoms with Gasteiger partial charge >= 0.3 is 5.97 Å². The zero-order chi connectivity index (χ0) is 15.6. The number of amides is 1. The Balaban J connectivity index is 2.28. The highest BCUT2D eigenvalue weighted by molar-refractivity contribution is 6.35. The second-order valence-corrected chi connectivity index (χ2v) is 5.10. The average molecular weight is 304 g/mol. The van der Waals surface area contributed by atoms with Gasteiger partial charge in [0.2, 0.25) is 0 Å². The summed E-state index contributed by atoms with van der Waals surface area (Å²) in [5.41, 5.74) is 2.62. The van der Waals surface area contributed by atoms with Crippen LogP contribution in [0.2, 0.25) is 5.02 Å². The molecule has 1 amide bonds. The molecule has 4 nitrogen and oxygen atoms in total. The van der Waals surface area contributed by atoms with Crippen molar-refractivity contribution in [1.82, 2.24) is 0 Å². The van der Waals surface area contributed by atoms with Gasteiger partial charge in [-0.1, -0.05) is 23.7 Å². The fourth-order valence-electron chi connectivity index (χ4n) is 1.95. The van der Waals surface area contributed by atoms with Gasteiger partial charge in [0.1, 0.15) is 0 Å². The van der Waals surface area contributed by atoms with Crippen LogP contribution in [0.3, 0.4) is 0 Å². The molecule has 0 unspecified atom stereocenters. The minimum absolute atomic E-state index is 0.180. The molecule has 0 heterocycles. The molecule has 0 saturated heterocycles. The number of aromatic carboxylic acids is 1. The molecule has 0 aliphatic rings. The number of nitrogens with one attached hydrogen (secondary N) is 1. The third-order valence-corrected chi connectivity index (χ3v) is 3.66. The van der Waals surface area contributed by atoms with Crippen LogP contribution in [-0.2, 0) is 0 Å². The number of carbonyl (C=O) groups excluding carboxylic acids is 1. The van der Waals surface area contributed by atoms with Gasteiger partial charge in [-0.05, 0) is 49.2 Å². The van der Waals surface area contributed by atoms with E-state index in [1.54, 1.807) is 25.1 Å². The molecule has 5 heteroatoms. The van der Waals surface area contributed by atoms with Crippen LogP contribution < -0.4 is 5.32 Å². The Hall–Kier alpha value is -2.33. The van der Waals surface area contributed by atoms with E-state index in [0.29, 0.717) is 21.8 Å². The minimum Gasteiger partial charge on any atom is -0.478 e. The molecule has 2 aromatic rings. The van der Waals surface area contributed by atoms with Crippen molar-refractivity contribution in [2.75, 3.05) is 5.32 Å². The van der Waals surface area contributed by atoms with Gasteiger partial charge in [0.25, 0.3) is 5.91 Å². The van der Waals surface area contributed by atoms with Crippen LogP contribution in [0.4, 0.5) is 5.69 Å². The SMILES string of the molecule is Cc1cc(C(=O)O)ccc1NC(=O)c1cccc(C)c1Cl. The summed E-state index contributed by atoms with van der Waals surface area (Å²) in [6.07, 6.45) is 0. The molecule has 0 saturated carbocycles. The lowest BCUT2D eigenvalue weighted by Crippen LogP contribution is -2.14. The standard InChI is InChI=1S/C16H14ClNO3/c1-9-4-3-5-12(14(9)17)15(19)18-13-7-6-11(16(20)21)8-10(13)2/h3-8H,1-2H3,(H,18,19)(H,20,21). The fourth-order valence-corrected chi connectivity index (χ4v) is 2.16. The summed E-state index contributed by atoms with van der Waals surface area (Å²) >= 11 is 6.12. The van der Waals surface area contributed by atoms with E-state index in [2.05, 4.69) is 5.32 Å². The van der Waals surface area contributed by atoms with Gasteiger partial charge < -0.3 is 10.4 Å². The van der Waals surface area contributed by atoms with Crippen LogP contribution >= 0.6 is 11.6 Å². The molecule has 0 aromatic heterocycles. The van der Waals surface area contributed by atoms with E-state index in [1.165, 1.54) is 12.1 Å². The lowest BCUT2D eigenvalue weighted by atomic mass is 10.1. The number of benzene rings is 2. The number of hydrogen-bond acceptors (Lipinski definition) is 2. The summed E-state index contributed by atoms with van der Waals surface area (Å²) in [5.74, 6) is -1.33. The molecule has 0 atom stereocenters. The van der Waals surface area contributed by atoms with Gasteiger partial charge in [0, 0.05) is 5.69 Å². The van der Waals surface area contributed by atoms with Gasteiger partial charge in [-0.15, -0.1) is 0 Å². The molecule has 0 fully saturated rings. The lowest BCUT2D eigenvalue weighted by molar-refractivity contribution is 0.0696. The number of carboxylic acid groups (broad SMARTS) is 1. The van der Waals surface area contributed by atoms with Crippen molar-refractivity contribution in [2.45, 2.75) is 13.8 Å². The quantitative estimate of drug-likeness (QED) is 0.903. The number of rotatable bonds is 3. The Kier molecular flexibility index (Phi) is 4.29. The maximum Gasteiger partial charge on any atom is 0.335 e. The first kappa shape index (κ1) is 15.1. The van der Waals surface area contributed by atoms with Crippen LogP contribution in [0.5, 0.6) is 0 Å². The van der Waals surface area contributed by atoms with Crippen molar-refractivity contribution in [3.8, 4) is 0 Å². The first-order chi connectivity index (χ1) is 9.90. The Morgan fingerprint density at radius 1 is 1.10 bits per heavy atom. The summed E-state index contributed by atoms with van der Waals surface area (Å²) in [4.78, 5) is 23.1. The molecule has 0 aliphatic heterocycles. The van der Waals surface area contributed by atoms with E-state index in [4.69, 9.17) is 16.7 Å². The second-order valence-electron chi connectivity index (χ2n) is 4.73. The zero-order valence-electron chi connectivity index (χ0n) is 11.6. The molecule has 2 aromatic carbocycles. The number of halogens is 1. The van der Waals surface area contributed by atoms with Gasteiger partial charge in [0.05, 0.1) is 16.1 Å². The smallest absolute Gasteiger partial charge is 0.335 e. The molecule has 0 bridgehead atoms. The first-order valence-corrected chi connectivity index (χ1v) is 6.68. The summed E-state index contributed by atoms with van der Waals surface area (Å²) in [5, 5.41) is 12.1. The second kappa shape index (κ2) is 5.97. The minimum atomic E-state index is -1.00. The lowest BCUT2D eigenvalue weighted by Gasteiger charge is -2.11. The average Bonchev–Trinajstić information content (AvgIpc) is 2.43. The number of carbonyl (C=O) groups is 2. The van der Waals surface area contributed by atoms with Crippen LogP contribution in [0.25, 0.3) is 0 Å². The molecule has 0 radical (unpaired) electrons. The van der Waals surface area contributed by atoms with Gasteiger partial charge in [-0.3, -0.25) is 4.79 Å².